The molecule has 3 aromatic rings. The summed E-state index contributed by atoms with van der Waals surface area (Å²) in [5, 5.41) is 0. The Kier molecular flexibility index (Phi) is 3.17. The van der Waals surface area contributed by atoms with Gasteiger partial charge in [0, 0.05) is 0 Å². The molecule has 1 aromatic heterocycles. The second-order valence-corrected chi connectivity index (χ2v) is 4.46. The third-order valence-corrected chi connectivity index (χ3v) is 3.24. The Hall–Kier alpha value is -2.68. The third kappa shape index (κ3) is 2.03. The average Bonchev–Trinajstić information content (AvgIpc) is 2.51. The van der Waals surface area contributed by atoms with E-state index in [4.69, 9.17) is 0 Å². The van der Waals surface area contributed by atoms with Gasteiger partial charge in [-0.1, -0.05) is 48.5 Å². The van der Waals surface area contributed by atoms with Gasteiger partial charge in [-0.3, -0.25) is 9.36 Å². The third-order valence-electron chi connectivity index (χ3n) is 3.24. The molecule has 3 rings (SSSR count). The second kappa shape index (κ2) is 5.13. The van der Waals surface area contributed by atoms with Crippen LogP contribution in [0.25, 0.3) is 16.7 Å². The van der Waals surface area contributed by atoms with Gasteiger partial charge in [0.2, 0.25) is 0 Å². The first-order valence-corrected chi connectivity index (χ1v) is 6.50. The standard InChI is InChI=1S/C17H14N2O/c1-2-15(13-8-4-3-5-9-13)19-16-11-7-6-10-14(16)18-12-17(19)20/h2-12H,1H3. The summed E-state index contributed by atoms with van der Waals surface area (Å²) in [7, 11) is 0. The summed E-state index contributed by atoms with van der Waals surface area (Å²) < 4.78 is 1.71. The fraction of sp³-hybridized carbons (Fsp3) is 0.0588. The van der Waals surface area contributed by atoms with Gasteiger partial charge in [0.25, 0.3) is 5.56 Å². The summed E-state index contributed by atoms with van der Waals surface area (Å²) >= 11 is 0. The first-order chi connectivity index (χ1) is 9.81. The predicted molar refractivity (Wildman–Crippen MR) is 81.5 cm³/mol. The minimum Gasteiger partial charge on any atom is -0.274 e. The molecule has 0 spiro atoms. The van der Waals surface area contributed by atoms with E-state index < -0.39 is 0 Å². The van der Waals surface area contributed by atoms with Gasteiger partial charge in [-0.15, -0.1) is 0 Å². The van der Waals surface area contributed by atoms with Gasteiger partial charge >= 0.3 is 0 Å². The molecule has 0 atom stereocenters. The highest BCUT2D eigenvalue weighted by molar-refractivity contribution is 5.81. The van der Waals surface area contributed by atoms with Gasteiger partial charge in [0.05, 0.1) is 22.9 Å². The molecule has 20 heavy (non-hydrogen) atoms. The van der Waals surface area contributed by atoms with Crippen molar-refractivity contribution in [3.63, 3.8) is 0 Å². The first-order valence-electron chi connectivity index (χ1n) is 6.50. The Balaban J connectivity index is 2.34. The lowest BCUT2D eigenvalue weighted by Gasteiger charge is -2.13. The van der Waals surface area contributed by atoms with E-state index in [0.717, 1.165) is 22.3 Å². The van der Waals surface area contributed by atoms with Crippen LogP contribution in [0.15, 0.2) is 71.7 Å². The number of allylic oxidation sites excluding steroid dienone is 1. The van der Waals surface area contributed by atoms with Crippen LogP contribution in [0.1, 0.15) is 12.5 Å². The van der Waals surface area contributed by atoms with E-state index in [9.17, 15) is 4.79 Å². The van der Waals surface area contributed by atoms with Crippen LogP contribution in [0.2, 0.25) is 0 Å². The minimum absolute atomic E-state index is 0.124. The zero-order valence-electron chi connectivity index (χ0n) is 11.2. The molecular formula is C17H14N2O. The molecule has 2 aromatic carbocycles. The lowest BCUT2D eigenvalue weighted by atomic mass is 10.1. The highest BCUT2D eigenvalue weighted by Gasteiger charge is 2.09. The Labute approximate surface area is 116 Å². The quantitative estimate of drug-likeness (QED) is 0.710. The van der Waals surface area contributed by atoms with Gasteiger partial charge in [-0.25, -0.2) is 4.98 Å². The summed E-state index contributed by atoms with van der Waals surface area (Å²) in [6, 6.07) is 17.5. The molecule has 3 nitrogen and oxygen atoms in total. The van der Waals surface area contributed by atoms with Crippen molar-refractivity contribution >= 4 is 16.7 Å². The molecule has 0 N–H and O–H groups in total. The summed E-state index contributed by atoms with van der Waals surface area (Å²) in [5.41, 5.74) is 3.38. The van der Waals surface area contributed by atoms with Crippen molar-refractivity contribution < 1.29 is 0 Å². The number of para-hydroxylation sites is 2. The number of fused-ring (bicyclic) bond motifs is 1. The molecule has 0 aliphatic heterocycles. The molecule has 0 unspecified atom stereocenters. The van der Waals surface area contributed by atoms with Crippen molar-refractivity contribution in [2.45, 2.75) is 6.92 Å². The van der Waals surface area contributed by atoms with Gasteiger partial charge in [-0.2, -0.15) is 0 Å². The fourth-order valence-corrected chi connectivity index (χ4v) is 2.35. The largest absolute Gasteiger partial charge is 0.274 e. The van der Waals surface area contributed by atoms with E-state index in [1.54, 1.807) is 4.57 Å². The van der Waals surface area contributed by atoms with E-state index in [1.165, 1.54) is 6.20 Å². The van der Waals surface area contributed by atoms with Crippen LogP contribution in [0.4, 0.5) is 0 Å². The molecule has 0 aliphatic carbocycles. The SMILES string of the molecule is CC=C(c1ccccc1)n1c(=O)cnc2ccccc21. The Morgan fingerprint density at radius 2 is 1.75 bits per heavy atom. The zero-order chi connectivity index (χ0) is 13.9. The molecular weight excluding hydrogens is 248 g/mol. The summed E-state index contributed by atoms with van der Waals surface area (Å²) in [6.07, 6.45) is 3.32. The Bertz CT molecular complexity index is 832. The zero-order valence-corrected chi connectivity index (χ0v) is 11.2. The number of hydrogen-bond donors (Lipinski definition) is 0. The maximum absolute atomic E-state index is 12.3. The van der Waals surface area contributed by atoms with Gasteiger partial charge in [-0.05, 0) is 24.6 Å². The summed E-state index contributed by atoms with van der Waals surface area (Å²) in [4.78, 5) is 16.5. The lowest BCUT2D eigenvalue weighted by molar-refractivity contribution is 1.04. The number of hydrogen-bond acceptors (Lipinski definition) is 2. The van der Waals surface area contributed by atoms with E-state index in [-0.39, 0.29) is 5.56 Å². The van der Waals surface area contributed by atoms with Crippen LogP contribution in [0.5, 0.6) is 0 Å². The molecule has 0 radical (unpaired) electrons. The van der Waals surface area contributed by atoms with Crippen molar-refractivity contribution in [1.82, 2.24) is 9.55 Å². The van der Waals surface area contributed by atoms with Crippen molar-refractivity contribution in [2.75, 3.05) is 0 Å². The number of rotatable bonds is 2. The van der Waals surface area contributed by atoms with E-state index in [0.29, 0.717) is 0 Å². The Morgan fingerprint density at radius 1 is 1.05 bits per heavy atom. The van der Waals surface area contributed by atoms with Gasteiger partial charge in [0.1, 0.15) is 0 Å². The summed E-state index contributed by atoms with van der Waals surface area (Å²) in [5.74, 6) is 0. The average molecular weight is 262 g/mol. The van der Waals surface area contributed by atoms with Crippen molar-refractivity contribution in [3.05, 3.63) is 82.8 Å². The molecule has 0 fully saturated rings. The predicted octanol–water partition coefficient (Wildman–Crippen LogP) is 3.31. The maximum atomic E-state index is 12.3. The molecule has 0 aliphatic rings. The maximum Gasteiger partial charge on any atom is 0.274 e. The highest BCUT2D eigenvalue weighted by Crippen LogP contribution is 2.19. The molecule has 0 saturated heterocycles. The van der Waals surface area contributed by atoms with Gasteiger partial charge < -0.3 is 0 Å². The van der Waals surface area contributed by atoms with Crippen LogP contribution in [-0.2, 0) is 0 Å². The molecule has 0 amide bonds. The monoisotopic (exact) mass is 262 g/mol. The number of aromatic nitrogens is 2. The second-order valence-electron chi connectivity index (χ2n) is 4.46. The van der Waals surface area contributed by atoms with E-state index >= 15 is 0 Å². The van der Waals surface area contributed by atoms with Crippen LogP contribution < -0.4 is 5.56 Å². The number of benzene rings is 2. The van der Waals surface area contributed by atoms with Crippen LogP contribution >= 0.6 is 0 Å². The van der Waals surface area contributed by atoms with Gasteiger partial charge in [0.15, 0.2) is 0 Å². The normalized spacial score (nSPS) is 11.8. The lowest BCUT2D eigenvalue weighted by Crippen LogP contribution is -2.20. The molecule has 0 saturated carbocycles. The van der Waals surface area contributed by atoms with Crippen molar-refractivity contribution in [2.24, 2.45) is 0 Å². The van der Waals surface area contributed by atoms with Crippen LogP contribution in [0.3, 0.4) is 0 Å². The molecule has 98 valence electrons. The smallest absolute Gasteiger partial charge is 0.274 e. The van der Waals surface area contributed by atoms with Crippen LogP contribution in [0, 0.1) is 0 Å². The molecule has 1 heterocycles. The van der Waals surface area contributed by atoms with Crippen molar-refractivity contribution in [1.29, 1.82) is 0 Å². The van der Waals surface area contributed by atoms with Crippen LogP contribution in [-0.4, -0.2) is 9.55 Å². The topological polar surface area (TPSA) is 34.9 Å². The molecule has 0 bridgehead atoms. The number of nitrogens with zero attached hydrogens (tertiary/aromatic N) is 2. The summed E-state index contributed by atoms with van der Waals surface area (Å²) in [6.45, 7) is 1.93. The molecule has 3 heteroatoms. The Morgan fingerprint density at radius 3 is 2.50 bits per heavy atom. The van der Waals surface area contributed by atoms with Crippen molar-refractivity contribution in [3.8, 4) is 0 Å². The van der Waals surface area contributed by atoms with E-state index in [2.05, 4.69) is 4.98 Å². The first kappa shape index (κ1) is 12.4. The van der Waals surface area contributed by atoms with E-state index in [1.807, 2.05) is 67.6 Å². The minimum atomic E-state index is -0.124. The fourth-order valence-electron chi connectivity index (χ4n) is 2.35. The highest BCUT2D eigenvalue weighted by atomic mass is 16.1.